The number of fused-ring (bicyclic) bond motifs is 1. The Labute approximate surface area is 123 Å². The lowest BCUT2D eigenvalue weighted by Gasteiger charge is -2.46. The summed E-state index contributed by atoms with van der Waals surface area (Å²) < 4.78 is 5.19. The van der Waals surface area contributed by atoms with Crippen LogP contribution in [0.5, 0.6) is 0 Å². The molecule has 1 aliphatic heterocycles. The predicted molar refractivity (Wildman–Crippen MR) is 73.8 cm³/mol. The molecule has 1 aliphatic carbocycles. The number of nitrogens with zero attached hydrogens (tertiary/aromatic N) is 2. The van der Waals surface area contributed by atoms with Gasteiger partial charge >= 0.3 is 5.97 Å². The molecule has 1 amide bonds. The molecule has 1 aromatic rings. The maximum atomic E-state index is 12.8. The van der Waals surface area contributed by atoms with Crippen molar-refractivity contribution in [1.82, 2.24) is 9.88 Å². The molecule has 6 nitrogen and oxygen atoms in total. The summed E-state index contributed by atoms with van der Waals surface area (Å²) in [5.41, 5.74) is 0.516. The summed E-state index contributed by atoms with van der Waals surface area (Å²) >= 11 is 0. The number of carboxylic acids is 1. The number of hydrogen-bond donors (Lipinski definition) is 1. The number of carbonyl (C=O) groups excluding carboxylic acids is 1. The minimum atomic E-state index is -0.926. The largest absolute Gasteiger partial charge is 0.480 e. The maximum Gasteiger partial charge on any atom is 0.326 e. The van der Waals surface area contributed by atoms with Crippen LogP contribution in [0.15, 0.2) is 10.8 Å². The second-order valence-electron chi connectivity index (χ2n) is 6.02. The van der Waals surface area contributed by atoms with E-state index in [1.54, 1.807) is 11.8 Å². The molecular formula is C15H20N2O4. The second kappa shape index (κ2) is 5.50. The number of aryl methyl sites for hydroxylation is 1. The number of oxazole rings is 1. The zero-order chi connectivity index (χ0) is 15.0. The van der Waals surface area contributed by atoms with Gasteiger partial charge in [0.2, 0.25) is 5.76 Å². The van der Waals surface area contributed by atoms with E-state index in [1.165, 1.54) is 12.8 Å². The van der Waals surface area contributed by atoms with Gasteiger partial charge in [-0.1, -0.05) is 12.8 Å². The van der Waals surface area contributed by atoms with Crippen molar-refractivity contribution in [1.29, 1.82) is 0 Å². The molecule has 2 heterocycles. The molecule has 0 aromatic carbocycles. The van der Waals surface area contributed by atoms with Crippen LogP contribution < -0.4 is 0 Å². The third-order valence-corrected chi connectivity index (χ3v) is 4.83. The van der Waals surface area contributed by atoms with Gasteiger partial charge < -0.3 is 14.4 Å². The number of aromatic nitrogens is 1. The topological polar surface area (TPSA) is 83.6 Å². The van der Waals surface area contributed by atoms with Gasteiger partial charge in [-0.3, -0.25) is 4.79 Å². The van der Waals surface area contributed by atoms with E-state index in [-0.39, 0.29) is 17.7 Å². The van der Waals surface area contributed by atoms with Crippen LogP contribution in [0.3, 0.4) is 0 Å². The van der Waals surface area contributed by atoms with Crippen molar-refractivity contribution in [3.8, 4) is 0 Å². The monoisotopic (exact) mass is 292 g/mol. The van der Waals surface area contributed by atoms with Gasteiger partial charge in [0.25, 0.3) is 5.91 Å². The molecule has 21 heavy (non-hydrogen) atoms. The highest BCUT2D eigenvalue weighted by Gasteiger charge is 2.45. The fourth-order valence-corrected chi connectivity index (χ4v) is 3.79. The van der Waals surface area contributed by atoms with Crippen LogP contribution >= 0.6 is 0 Å². The Morgan fingerprint density at radius 3 is 2.71 bits per heavy atom. The number of carboxylic acid groups (broad SMARTS) is 1. The summed E-state index contributed by atoms with van der Waals surface area (Å²) in [6.45, 7) is 1.70. The van der Waals surface area contributed by atoms with E-state index in [9.17, 15) is 14.7 Å². The fraction of sp³-hybridized carbons (Fsp3) is 0.667. The molecule has 1 aromatic heterocycles. The van der Waals surface area contributed by atoms with E-state index in [0.717, 1.165) is 25.7 Å². The lowest BCUT2D eigenvalue weighted by Crippen LogP contribution is -2.57. The van der Waals surface area contributed by atoms with E-state index in [1.807, 2.05) is 0 Å². The molecule has 3 unspecified atom stereocenters. The van der Waals surface area contributed by atoms with E-state index >= 15 is 0 Å². The fourth-order valence-electron chi connectivity index (χ4n) is 3.79. The average molecular weight is 292 g/mol. The Kier molecular flexibility index (Phi) is 3.69. The van der Waals surface area contributed by atoms with E-state index in [4.69, 9.17) is 4.42 Å². The quantitative estimate of drug-likeness (QED) is 0.903. The summed E-state index contributed by atoms with van der Waals surface area (Å²) in [4.78, 5) is 29.8. The number of hydrogen-bond acceptors (Lipinski definition) is 4. The minimum Gasteiger partial charge on any atom is -0.480 e. The molecule has 0 radical (unpaired) electrons. The van der Waals surface area contributed by atoms with Crippen molar-refractivity contribution >= 4 is 11.9 Å². The first-order valence-electron chi connectivity index (χ1n) is 7.55. The number of piperidine rings is 1. The van der Waals surface area contributed by atoms with Crippen LogP contribution in [0.1, 0.15) is 54.8 Å². The zero-order valence-corrected chi connectivity index (χ0v) is 12.1. The number of amides is 1. The molecule has 0 spiro atoms. The van der Waals surface area contributed by atoms with Gasteiger partial charge in [-0.15, -0.1) is 0 Å². The van der Waals surface area contributed by atoms with Gasteiger partial charge in [0.1, 0.15) is 6.04 Å². The Morgan fingerprint density at radius 2 is 2.05 bits per heavy atom. The number of rotatable bonds is 2. The lowest BCUT2D eigenvalue weighted by atomic mass is 9.76. The molecule has 2 fully saturated rings. The first-order valence-corrected chi connectivity index (χ1v) is 7.55. The van der Waals surface area contributed by atoms with Crippen molar-refractivity contribution in [3.05, 3.63) is 17.8 Å². The van der Waals surface area contributed by atoms with Gasteiger partial charge in [-0.2, -0.15) is 0 Å². The minimum absolute atomic E-state index is 0.0191. The van der Waals surface area contributed by atoms with Crippen LogP contribution in [-0.4, -0.2) is 39.0 Å². The lowest BCUT2D eigenvalue weighted by molar-refractivity contribution is -0.146. The van der Waals surface area contributed by atoms with Gasteiger partial charge in [0.05, 0.1) is 5.69 Å². The van der Waals surface area contributed by atoms with Crippen molar-refractivity contribution in [3.63, 3.8) is 0 Å². The summed E-state index contributed by atoms with van der Waals surface area (Å²) in [6, 6.07) is -0.730. The highest BCUT2D eigenvalue weighted by atomic mass is 16.4. The maximum absolute atomic E-state index is 12.8. The zero-order valence-electron chi connectivity index (χ0n) is 12.1. The van der Waals surface area contributed by atoms with Crippen molar-refractivity contribution in [2.75, 3.05) is 0 Å². The molecule has 3 atom stereocenters. The molecule has 1 N–H and O–H groups in total. The van der Waals surface area contributed by atoms with Gasteiger partial charge in [-0.25, -0.2) is 9.78 Å². The molecule has 114 valence electrons. The average Bonchev–Trinajstić information content (AvgIpc) is 2.91. The van der Waals surface area contributed by atoms with Crippen LogP contribution in [-0.2, 0) is 4.79 Å². The van der Waals surface area contributed by atoms with Gasteiger partial charge in [0, 0.05) is 6.04 Å². The number of likely N-dealkylation sites (tertiary alicyclic amines) is 1. The number of aliphatic carboxylic acids is 1. The summed E-state index contributed by atoms with van der Waals surface area (Å²) in [5.74, 6) is -0.660. The summed E-state index contributed by atoms with van der Waals surface area (Å²) in [5, 5.41) is 9.47. The van der Waals surface area contributed by atoms with Gasteiger partial charge in [-0.05, 0) is 38.5 Å². The molecular weight excluding hydrogens is 272 g/mol. The molecule has 0 bridgehead atoms. The second-order valence-corrected chi connectivity index (χ2v) is 6.02. The molecule has 6 heteroatoms. The van der Waals surface area contributed by atoms with Crippen LogP contribution in [0.4, 0.5) is 0 Å². The SMILES string of the molecule is Cc1ncoc1C(=O)N1C(C(=O)O)CCC2CCCCC21. The summed E-state index contributed by atoms with van der Waals surface area (Å²) in [7, 11) is 0. The Morgan fingerprint density at radius 1 is 1.29 bits per heavy atom. The Hall–Kier alpha value is -1.85. The van der Waals surface area contributed by atoms with Crippen LogP contribution in [0.2, 0.25) is 0 Å². The van der Waals surface area contributed by atoms with Crippen LogP contribution in [0, 0.1) is 12.8 Å². The van der Waals surface area contributed by atoms with Crippen molar-refractivity contribution in [2.24, 2.45) is 5.92 Å². The Bertz CT molecular complexity index is 554. The van der Waals surface area contributed by atoms with E-state index < -0.39 is 12.0 Å². The highest BCUT2D eigenvalue weighted by molar-refractivity contribution is 5.95. The van der Waals surface area contributed by atoms with Crippen molar-refractivity contribution in [2.45, 2.75) is 57.5 Å². The first-order chi connectivity index (χ1) is 10.1. The molecule has 1 saturated carbocycles. The van der Waals surface area contributed by atoms with Crippen LogP contribution in [0.25, 0.3) is 0 Å². The van der Waals surface area contributed by atoms with E-state index in [2.05, 4.69) is 4.98 Å². The summed E-state index contributed by atoms with van der Waals surface area (Å²) in [6.07, 6.45) is 6.83. The Balaban J connectivity index is 1.94. The van der Waals surface area contributed by atoms with Crippen molar-refractivity contribution < 1.29 is 19.1 Å². The predicted octanol–water partition coefficient (Wildman–Crippen LogP) is 2.23. The third kappa shape index (κ3) is 2.43. The smallest absolute Gasteiger partial charge is 0.326 e. The molecule has 2 aliphatic rings. The van der Waals surface area contributed by atoms with E-state index in [0.29, 0.717) is 18.0 Å². The molecule has 1 saturated heterocycles. The van der Waals surface area contributed by atoms with Gasteiger partial charge in [0.15, 0.2) is 6.39 Å². The number of carbonyl (C=O) groups is 2. The highest BCUT2D eigenvalue weighted by Crippen LogP contribution is 2.38. The first kappa shape index (κ1) is 14.1. The standard InChI is InChI=1S/C15H20N2O4/c1-9-13(21-8-16-9)14(18)17-11-5-3-2-4-10(11)6-7-12(17)15(19)20/h8,10-12H,2-7H2,1H3,(H,19,20). The third-order valence-electron chi connectivity index (χ3n) is 4.83. The normalized spacial score (nSPS) is 29.0. The molecule has 3 rings (SSSR count).